The van der Waals surface area contributed by atoms with Crippen LogP contribution in [-0.4, -0.2) is 15.5 Å². The van der Waals surface area contributed by atoms with E-state index in [2.05, 4.69) is 4.72 Å². The number of ether oxygens (including phenoxy) is 1. The first-order chi connectivity index (χ1) is 9.42. The van der Waals surface area contributed by atoms with Gasteiger partial charge in [0.2, 0.25) is 0 Å². The summed E-state index contributed by atoms with van der Waals surface area (Å²) in [6, 6.07) is 11.8. The van der Waals surface area contributed by atoms with E-state index in [0.717, 1.165) is 11.1 Å². The van der Waals surface area contributed by atoms with Gasteiger partial charge < -0.3 is 4.74 Å². The number of aryl methyl sites for hydroxylation is 2. The SMILES string of the molecule is COc1cccc(S(=O)(=O)Nc2ccc(C)c(C)c2)c1. The summed E-state index contributed by atoms with van der Waals surface area (Å²) in [5, 5.41) is 0. The zero-order valence-electron chi connectivity index (χ0n) is 11.7. The lowest BCUT2D eigenvalue weighted by atomic mass is 10.1. The van der Waals surface area contributed by atoms with Crippen molar-refractivity contribution in [2.45, 2.75) is 18.7 Å². The summed E-state index contributed by atoms with van der Waals surface area (Å²) < 4.78 is 32.2. The third kappa shape index (κ3) is 3.11. The minimum atomic E-state index is -3.61. The minimum absolute atomic E-state index is 0.176. The molecule has 0 amide bonds. The Morgan fingerprint density at radius 1 is 1.00 bits per heavy atom. The third-order valence-corrected chi connectivity index (χ3v) is 4.49. The van der Waals surface area contributed by atoms with Crippen LogP contribution in [0, 0.1) is 13.8 Å². The number of benzene rings is 2. The molecule has 20 heavy (non-hydrogen) atoms. The van der Waals surface area contributed by atoms with Crippen LogP contribution in [0.2, 0.25) is 0 Å². The highest BCUT2D eigenvalue weighted by Gasteiger charge is 2.15. The van der Waals surface area contributed by atoms with Gasteiger partial charge in [0.05, 0.1) is 12.0 Å². The molecule has 0 bridgehead atoms. The summed E-state index contributed by atoms with van der Waals surface area (Å²) in [6.07, 6.45) is 0. The Morgan fingerprint density at radius 3 is 2.40 bits per heavy atom. The van der Waals surface area contributed by atoms with Gasteiger partial charge in [-0.15, -0.1) is 0 Å². The van der Waals surface area contributed by atoms with Gasteiger partial charge in [0.25, 0.3) is 10.0 Å². The highest BCUT2D eigenvalue weighted by molar-refractivity contribution is 7.92. The van der Waals surface area contributed by atoms with Crippen molar-refractivity contribution in [3.8, 4) is 5.75 Å². The molecular formula is C15H17NO3S. The largest absolute Gasteiger partial charge is 0.497 e. The number of nitrogens with one attached hydrogen (secondary N) is 1. The van der Waals surface area contributed by atoms with Crippen LogP contribution in [0.15, 0.2) is 47.4 Å². The predicted molar refractivity (Wildman–Crippen MR) is 79.7 cm³/mol. The van der Waals surface area contributed by atoms with E-state index >= 15 is 0 Å². The first-order valence-electron chi connectivity index (χ1n) is 6.16. The molecule has 0 aromatic heterocycles. The van der Waals surface area contributed by atoms with E-state index in [1.54, 1.807) is 18.2 Å². The van der Waals surface area contributed by atoms with Crippen LogP contribution in [-0.2, 0) is 10.0 Å². The lowest BCUT2D eigenvalue weighted by Gasteiger charge is -2.10. The fourth-order valence-electron chi connectivity index (χ4n) is 1.79. The minimum Gasteiger partial charge on any atom is -0.497 e. The van der Waals surface area contributed by atoms with Crippen LogP contribution in [0.3, 0.4) is 0 Å². The Balaban J connectivity index is 2.32. The summed E-state index contributed by atoms with van der Waals surface area (Å²) in [5.74, 6) is 0.507. The van der Waals surface area contributed by atoms with Crippen LogP contribution < -0.4 is 9.46 Å². The first-order valence-corrected chi connectivity index (χ1v) is 7.65. The summed E-state index contributed by atoms with van der Waals surface area (Å²) in [4.78, 5) is 0.176. The third-order valence-electron chi connectivity index (χ3n) is 3.11. The molecule has 0 spiro atoms. The molecule has 0 radical (unpaired) electrons. The first kappa shape index (κ1) is 14.4. The van der Waals surface area contributed by atoms with Gasteiger partial charge in [-0.25, -0.2) is 8.42 Å². The molecule has 4 nitrogen and oxygen atoms in total. The molecule has 2 aromatic rings. The van der Waals surface area contributed by atoms with Gasteiger partial charge in [-0.05, 0) is 49.2 Å². The zero-order chi connectivity index (χ0) is 14.8. The van der Waals surface area contributed by atoms with Crippen LogP contribution in [0.4, 0.5) is 5.69 Å². The van der Waals surface area contributed by atoms with Gasteiger partial charge in [-0.2, -0.15) is 0 Å². The number of hydrogen-bond acceptors (Lipinski definition) is 3. The van der Waals surface area contributed by atoms with Crippen molar-refractivity contribution in [3.05, 3.63) is 53.6 Å². The standard InChI is InChI=1S/C15H17NO3S/c1-11-7-8-13(9-12(11)2)16-20(17,18)15-6-4-5-14(10-15)19-3/h4-10,16H,1-3H3. The molecule has 0 saturated carbocycles. The molecule has 0 fully saturated rings. The highest BCUT2D eigenvalue weighted by Crippen LogP contribution is 2.21. The predicted octanol–water partition coefficient (Wildman–Crippen LogP) is 3.11. The monoisotopic (exact) mass is 291 g/mol. The lowest BCUT2D eigenvalue weighted by molar-refractivity contribution is 0.413. The van der Waals surface area contributed by atoms with Gasteiger partial charge >= 0.3 is 0 Å². The quantitative estimate of drug-likeness (QED) is 0.941. The Labute approximate surface area is 119 Å². The summed E-state index contributed by atoms with van der Waals surface area (Å²) in [5.41, 5.74) is 2.71. The van der Waals surface area contributed by atoms with Crippen LogP contribution >= 0.6 is 0 Å². The van der Waals surface area contributed by atoms with Crippen molar-refractivity contribution in [1.29, 1.82) is 0 Å². The number of sulfonamides is 1. The number of hydrogen-bond donors (Lipinski definition) is 1. The number of anilines is 1. The average Bonchev–Trinajstić information content (AvgIpc) is 2.43. The van der Waals surface area contributed by atoms with Gasteiger partial charge in [-0.3, -0.25) is 4.72 Å². The molecule has 0 heterocycles. The van der Waals surface area contributed by atoms with Crippen molar-refractivity contribution in [3.63, 3.8) is 0 Å². The molecular weight excluding hydrogens is 274 g/mol. The molecule has 0 aliphatic carbocycles. The molecule has 106 valence electrons. The summed E-state index contributed by atoms with van der Waals surface area (Å²) in [6.45, 7) is 3.92. The van der Waals surface area contributed by atoms with Crippen molar-refractivity contribution in [2.24, 2.45) is 0 Å². The Kier molecular flexibility index (Phi) is 3.99. The van der Waals surface area contributed by atoms with E-state index in [1.165, 1.54) is 19.2 Å². The molecule has 0 saturated heterocycles. The van der Waals surface area contributed by atoms with Gasteiger partial charge in [0.1, 0.15) is 5.75 Å². The summed E-state index contributed by atoms with van der Waals surface area (Å²) >= 11 is 0. The second-order valence-electron chi connectivity index (χ2n) is 4.58. The molecule has 0 aliphatic heterocycles. The fourth-order valence-corrected chi connectivity index (χ4v) is 2.87. The fraction of sp³-hybridized carbons (Fsp3) is 0.200. The van der Waals surface area contributed by atoms with Crippen molar-refractivity contribution >= 4 is 15.7 Å². The second-order valence-corrected chi connectivity index (χ2v) is 6.27. The molecule has 0 unspecified atom stereocenters. The lowest BCUT2D eigenvalue weighted by Crippen LogP contribution is -2.13. The van der Waals surface area contributed by atoms with Gasteiger partial charge in [-0.1, -0.05) is 12.1 Å². The second kappa shape index (κ2) is 5.54. The van der Waals surface area contributed by atoms with Gasteiger partial charge in [0, 0.05) is 11.8 Å². The Morgan fingerprint density at radius 2 is 1.75 bits per heavy atom. The Hall–Kier alpha value is -2.01. The summed E-state index contributed by atoms with van der Waals surface area (Å²) in [7, 11) is -2.10. The normalized spacial score (nSPS) is 11.2. The van der Waals surface area contributed by atoms with E-state index in [1.807, 2.05) is 26.0 Å². The smallest absolute Gasteiger partial charge is 0.262 e. The Bertz CT molecular complexity index is 724. The van der Waals surface area contributed by atoms with E-state index in [0.29, 0.717) is 11.4 Å². The maximum atomic E-state index is 12.3. The average molecular weight is 291 g/mol. The van der Waals surface area contributed by atoms with E-state index in [4.69, 9.17) is 4.74 Å². The molecule has 1 N–H and O–H groups in total. The highest BCUT2D eigenvalue weighted by atomic mass is 32.2. The van der Waals surface area contributed by atoms with Gasteiger partial charge in [0.15, 0.2) is 0 Å². The van der Waals surface area contributed by atoms with Crippen LogP contribution in [0.1, 0.15) is 11.1 Å². The maximum Gasteiger partial charge on any atom is 0.262 e. The van der Waals surface area contributed by atoms with Crippen LogP contribution in [0.25, 0.3) is 0 Å². The topological polar surface area (TPSA) is 55.4 Å². The molecule has 0 aliphatic rings. The molecule has 0 atom stereocenters. The molecule has 2 aromatic carbocycles. The van der Waals surface area contributed by atoms with Crippen molar-refractivity contribution < 1.29 is 13.2 Å². The van der Waals surface area contributed by atoms with Crippen LogP contribution in [0.5, 0.6) is 5.75 Å². The number of methoxy groups -OCH3 is 1. The maximum absolute atomic E-state index is 12.3. The molecule has 5 heteroatoms. The van der Waals surface area contributed by atoms with Crippen molar-refractivity contribution in [2.75, 3.05) is 11.8 Å². The van der Waals surface area contributed by atoms with E-state index in [-0.39, 0.29) is 4.90 Å². The van der Waals surface area contributed by atoms with Crippen molar-refractivity contribution in [1.82, 2.24) is 0 Å². The van der Waals surface area contributed by atoms with E-state index < -0.39 is 10.0 Å². The zero-order valence-corrected chi connectivity index (χ0v) is 12.5. The number of rotatable bonds is 4. The van der Waals surface area contributed by atoms with E-state index in [9.17, 15) is 8.42 Å². The molecule has 2 rings (SSSR count).